The molecule has 2 heterocycles. The lowest BCUT2D eigenvalue weighted by molar-refractivity contribution is -0.113. The average Bonchev–Trinajstić information content (AvgIpc) is 2.95. The number of sulfonamides is 1. The van der Waals surface area contributed by atoms with Crippen LogP contribution in [0.2, 0.25) is 0 Å². The molecule has 124 valence electrons. The van der Waals surface area contributed by atoms with Crippen LogP contribution in [0.15, 0.2) is 57.1 Å². The summed E-state index contributed by atoms with van der Waals surface area (Å²) in [5, 5.41) is 8.01. The van der Waals surface area contributed by atoms with Crippen molar-refractivity contribution >= 4 is 44.6 Å². The van der Waals surface area contributed by atoms with Gasteiger partial charge in [0.25, 0.3) is 5.22 Å². The number of nitrogens with one attached hydrogen (secondary N) is 1. The highest BCUT2D eigenvalue weighted by Crippen LogP contribution is 2.22. The van der Waals surface area contributed by atoms with E-state index in [1.807, 2.05) is 0 Å². The van der Waals surface area contributed by atoms with E-state index in [0.717, 1.165) is 11.8 Å². The van der Waals surface area contributed by atoms with Crippen molar-refractivity contribution in [2.24, 2.45) is 5.14 Å². The summed E-state index contributed by atoms with van der Waals surface area (Å²) in [5.74, 6) is -0.192. The molecule has 1 amide bonds. The molecule has 3 rings (SSSR count). The van der Waals surface area contributed by atoms with Gasteiger partial charge in [-0.3, -0.25) is 4.79 Å². The van der Waals surface area contributed by atoms with Crippen LogP contribution in [0.4, 0.5) is 5.69 Å². The fraction of sp³-hybridized carbons (Fsp3) is 0.0714. The number of carbonyl (C=O) groups is 1. The second-order valence-electron chi connectivity index (χ2n) is 4.71. The molecule has 0 fully saturated rings. The zero-order chi connectivity index (χ0) is 17.2. The van der Waals surface area contributed by atoms with E-state index in [1.165, 1.54) is 24.3 Å². The Morgan fingerprint density at radius 2 is 2.00 bits per heavy atom. The minimum atomic E-state index is -3.75. The fourth-order valence-electron chi connectivity index (χ4n) is 1.86. The minimum Gasteiger partial charge on any atom is -0.430 e. The molecule has 0 aliphatic carbocycles. The molecule has 3 aromatic rings. The third-order valence-electron chi connectivity index (χ3n) is 2.94. The molecule has 0 bridgehead atoms. The first kappa shape index (κ1) is 16.4. The predicted octanol–water partition coefficient (Wildman–Crippen LogP) is 1.60. The zero-order valence-corrected chi connectivity index (χ0v) is 13.8. The number of hydrogen-bond acceptors (Lipinski definition) is 7. The molecule has 8 nitrogen and oxygen atoms in total. The molecule has 2 aromatic heterocycles. The molecule has 0 saturated heterocycles. The zero-order valence-electron chi connectivity index (χ0n) is 12.2. The summed E-state index contributed by atoms with van der Waals surface area (Å²) >= 11 is 1.14. The summed E-state index contributed by atoms with van der Waals surface area (Å²) < 4.78 is 27.8. The third-order valence-corrected chi connectivity index (χ3v) is 4.70. The van der Waals surface area contributed by atoms with E-state index in [-0.39, 0.29) is 16.6 Å². The Balaban J connectivity index is 1.59. The Hall–Kier alpha value is -2.43. The van der Waals surface area contributed by atoms with Crippen LogP contribution in [-0.2, 0) is 14.8 Å². The molecule has 24 heavy (non-hydrogen) atoms. The Labute approximate surface area is 141 Å². The number of thioether (sulfide) groups is 1. The van der Waals surface area contributed by atoms with Crippen LogP contribution in [0.3, 0.4) is 0 Å². The average molecular weight is 364 g/mol. The van der Waals surface area contributed by atoms with E-state index >= 15 is 0 Å². The minimum absolute atomic E-state index is 0.0196. The van der Waals surface area contributed by atoms with Gasteiger partial charge in [-0.1, -0.05) is 11.8 Å². The van der Waals surface area contributed by atoms with E-state index in [4.69, 9.17) is 9.56 Å². The Morgan fingerprint density at radius 1 is 1.25 bits per heavy atom. The summed E-state index contributed by atoms with van der Waals surface area (Å²) in [7, 11) is -3.75. The van der Waals surface area contributed by atoms with Crippen LogP contribution in [0, 0.1) is 0 Å². The molecule has 0 aliphatic heterocycles. The molecule has 0 radical (unpaired) electrons. The number of aromatic nitrogens is 2. The molecule has 0 aliphatic rings. The van der Waals surface area contributed by atoms with Gasteiger partial charge in [-0.05, 0) is 36.4 Å². The number of pyridine rings is 1. The number of fused-ring (bicyclic) bond motifs is 1. The van der Waals surface area contributed by atoms with Crippen LogP contribution in [0.25, 0.3) is 11.2 Å². The van der Waals surface area contributed by atoms with E-state index in [9.17, 15) is 13.2 Å². The van der Waals surface area contributed by atoms with E-state index in [1.54, 1.807) is 18.3 Å². The van der Waals surface area contributed by atoms with Gasteiger partial charge in [0, 0.05) is 11.9 Å². The molecule has 3 N–H and O–H groups in total. The standard InChI is InChI=1S/C14H12N4O4S2/c15-24(20,21)10-5-3-9(4-6-10)17-12(19)8-23-14-18-13-11(22-14)2-1-7-16-13/h1-7H,8H2,(H,17,19)(H2,15,20,21). The lowest BCUT2D eigenvalue weighted by Gasteiger charge is -2.05. The third kappa shape index (κ3) is 3.91. The van der Waals surface area contributed by atoms with Gasteiger partial charge in [-0.15, -0.1) is 0 Å². The number of benzene rings is 1. The SMILES string of the molecule is NS(=O)(=O)c1ccc(NC(=O)CSc2nc3ncccc3o2)cc1. The van der Waals surface area contributed by atoms with Crippen LogP contribution in [-0.4, -0.2) is 30.0 Å². The summed E-state index contributed by atoms with van der Waals surface area (Å²) in [6.45, 7) is 0. The number of anilines is 1. The van der Waals surface area contributed by atoms with Crippen LogP contribution >= 0.6 is 11.8 Å². The van der Waals surface area contributed by atoms with Gasteiger partial charge in [0.2, 0.25) is 15.9 Å². The van der Waals surface area contributed by atoms with Crippen molar-refractivity contribution in [3.05, 3.63) is 42.6 Å². The number of nitrogens with zero attached hydrogens (tertiary/aromatic N) is 2. The summed E-state index contributed by atoms with van der Waals surface area (Å²) in [4.78, 5) is 20.1. The number of primary sulfonamides is 1. The maximum absolute atomic E-state index is 11.9. The van der Waals surface area contributed by atoms with Crippen LogP contribution in [0.5, 0.6) is 0 Å². The van der Waals surface area contributed by atoms with Crippen molar-refractivity contribution in [2.75, 3.05) is 11.1 Å². The molecule has 0 atom stereocenters. The van der Waals surface area contributed by atoms with Crippen molar-refractivity contribution in [2.45, 2.75) is 10.1 Å². The molecular weight excluding hydrogens is 352 g/mol. The summed E-state index contributed by atoms with van der Waals surface area (Å²) in [6.07, 6.45) is 1.61. The second kappa shape index (κ2) is 6.59. The van der Waals surface area contributed by atoms with Gasteiger partial charge in [-0.2, -0.15) is 4.98 Å². The number of nitrogens with two attached hydrogens (primary N) is 1. The number of rotatable bonds is 5. The van der Waals surface area contributed by atoms with Gasteiger partial charge >= 0.3 is 0 Å². The molecule has 10 heteroatoms. The highest BCUT2D eigenvalue weighted by molar-refractivity contribution is 7.99. The van der Waals surface area contributed by atoms with Gasteiger partial charge < -0.3 is 9.73 Å². The van der Waals surface area contributed by atoms with Crippen molar-refractivity contribution in [3.8, 4) is 0 Å². The summed E-state index contributed by atoms with van der Waals surface area (Å²) in [6, 6.07) is 9.05. The largest absolute Gasteiger partial charge is 0.430 e. The second-order valence-corrected chi connectivity index (χ2v) is 7.20. The quantitative estimate of drug-likeness (QED) is 0.658. The van der Waals surface area contributed by atoms with Crippen molar-refractivity contribution in [3.63, 3.8) is 0 Å². The topological polar surface area (TPSA) is 128 Å². The highest BCUT2D eigenvalue weighted by Gasteiger charge is 2.11. The number of amides is 1. The lowest BCUT2D eigenvalue weighted by atomic mass is 10.3. The van der Waals surface area contributed by atoms with Gasteiger partial charge in [-0.25, -0.2) is 18.5 Å². The first-order valence-electron chi connectivity index (χ1n) is 6.69. The molecule has 0 unspecified atom stereocenters. The van der Waals surface area contributed by atoms with Crippen molar-refractivity contribution < 1.29 is 17.6 Å². The number of oxazole rings is 1. The first-order valence-corrected chi connectivity index (χ1v) is 9.22. The Kier molecular flexibility index (Phi) is 4.51. The van der Waals surface area contributed by atoms with Crippen molar-refractivity contribution in [1.82, 2.24) is 9.97 Å². The van der Waals surface area contributed by atoms with Gasteiger partial charge in [0.1, 0.15) is 0 Å². The van der Waals surface area contributed by atoms with Crippen LogP contribution < -0.4 is 10.5 Å². The highest BCUT2D eigenvalue weighted by atomic mass is 32.2. The van der Waals surface area contributed by atoms with Gasteiger partial charge in [0.15, 0.2) is 11.2 Å². The monoisotopic (exact) mass is 364 g/mol. The normalized spacial score (nSPS) is 11.5. The Bertz CT molecular complexity index is 950. The number of hydrogen-bond donors (Lipinski definition) is 2. The number of carbonyl (C=O) groups excluding carboxylic acids is 1. The fourth-order valence-corrected chi connectivity index (χ4v) is 3.01. The van der Waals surface area contributed by atoms with Crippen molar-refractivity contribution in [1.29, 1.82) is 0 Å². The summed E-state index contributed by atoms with van der Waals surface area (Å²) in [5.41, 5.74) is 1.50. The lowest BCUT2D eigenvalue weighted by Crippen LogP contribution is -2.15. The molecular formula is C14H12N4O4S2. The maximum Gasteiger partial charge on any atom is 0.258 e. The first-order chi connectivity index (χ1) is 11.4. The molecule has 1 aromatic carbocycles. The smallest absolute Gasteiger partial charge is 0.258 e. The van der Waals surface area contributed by atoms with Gasteiger partial charge in [0.05, 0.1) is 10.6 Å². The predicted molar refractivity (Wildman–Crippen MR) is 89.0 cm³/mol. The molecule has 0 saturated carbocycles. The Morgan fingerprint density at radius 3 is 2.67 bits per heavy atom. The van der Waals surface area contributed by atoms with Crippen LogP contribution in [0.1, 0.15) is 0 Å². The van der Waals surface area contributed by atoms with E-state index in [0.29, 0.717) is 22.1 Å². The maximum atomic E-state index is 11.9. The molecule has 0 spiro atoms. The van der Waals surface area contributed by atoms with E-state index in [2.05, 4.69) is 15.3 Å². The van der Waals surface area contributed by atoms with E-state index < -0.39 is 10.0 Å².